The summed E-state index contributed by atoms with van der Waals surface area (Å²) in [6.07, 6.45) is 0. The van der Waals surface area contributed by atoms with E-state index in [4.69, 9.17) is 23.2 Å². The van der Waals surface area contributed by atoms with Gasteiger partial charge in [0.2, 0.25) is 0 Å². The van der Waals surface area contributed by atoms with E-state index >= 15 is 0 Å². The molecule has 0 saturated heterocycles. The minimum absolute atomic E-state index is 0.270. The van der Waals surface area contributed by atoms with E-state index in [2.05, 4.69) is 37.0 Å². The van der Waals surface area contributed by atoms with Crippen molar-refractivity contribution < 1.29 is 4.79 Å². The molecule has 0 aliphatic rings. The molecule has 0 atom stereocenters. The van der Waals surface area contributed by atoms with E-state index in [-0.39, 0.29) is 5.02 Å². The lowest BCUT2D eigenvalue weighted by Crippen LogP contribution is -2.28. The molecular weight excluding hydrogens is 393 g/mol. The number of nitrogens with zero attached hydrogens (tertiary/aromatic N) is 3. The standard InChI is InChI=1S/C13H8BrCl2N5O/c14-7-4-5-11-10(6-7)18-20-21(11)19-13(22)17-9-3-1-2-8(15)12(9)16/h1-6H,(H2,17,19,22). The average molecular weight is 401 g/mol. The summed E-state index contributed by atoms with van der Waals surface area (Å²) < 4.78 is 0.877. The van der Waals surface area contributed by atoms with Crippen molar-refractivity contribution in [2.75, 3.05) is 10.7 Å². The molecule has 1 aromatic heterocycles. The molecule has 3 aromatic rings. The van der Waals surface area contributed by atoms with Crippen molar-refractivity contribution in [3.8, 4) is 0 Å². The summed E-state index contributed by atoms with van der Waals surface area (Å²) >= 11 is 15.3. The zero-order valence-corrected chi connectivity index (χ0v) is 13.9. The molecule has 3 rings (SSSR count). The molecule has 6 nitrogen and oxygen atoms in total. The number of halogens is 3. The summed E-state index contributed by atoms with van der Waals surface area (Å²) in [6, 6.07) is 9.86. The van der Waals surface area contributed by atoms with Gasteiger partial charge in [0, 0.05) is 4.47 Å². The highest BCUT2D eigenvalue weighted by atomic mass is 79.9. The Bertz CT molecular complexity index is 867. The number of rotatable bonds is 2. The number of hydrogen-bond acceptors (Lipinski definition) is 3. The summed E-state index contributed by atoms with van der Waals surface area (Å²) in [6.45, 7) is 0. The van der Waals surface area contributed by atoms with E-state index < -0.39 is 6.03 Å². The zero-order chi connectivity index (χ0) is 15.7. The smallest absolute Gasteiger partial charge is 0.305 e. The van der Waals surface area contributed by atoms with Gasteiger partial charge in [-0.25, -0.2) is 10.2 Å². The lowest BCUT2D eigenvalue weighted by atomic mass is 10.3. The summed E-state index contributed by atoms with van der Waals surface area (Å²) in [5, 5.41) is 11.1. The van der Waals surface area contributed by atoms with Gasteiger partial charge in [-0.15, -0.1) is 9.89 Å². The van der Waals surface area contributed by atoms with Gasteiger partial charge in [-0.2, -0.15) is 0 Å². The second-order valence-corrected chi connectivity index (χ2v) is 6.00. The van der Waals surface area contributed by atoms with Crippen LogP contribution in [0.25, 0.3) is 11.0 Å². The second kappa shape index (κ2) is 6.12. The molecule has 0 radical (unpaired) electrons. The highest BCUT2D eigenvalue weighted by Gasteiger charge is 2.11. The van der Waals surface area contributed by atoms with Gasteiger partial charge in [-0.3, -0.25) is 0 Å². The maximum atomic E-state index is 12.0. The fourth-order valence-electron chi connectivity index (χ4n) is 1.83. The first-order valence-electron chi connectivity index (χ1n) is 6.07. The Morgan fingerprint density at radius 1 is 1.23 bits per heavy atom. The van der Waals surface area contributed by atoms with Crippen LogP contribution in [-0.2, 0) is 0 Å². The number of anilines is 1. The highest BCUT2D eigenvalue weighted by molar-refractivity contribution is 9.10. The first-order valence-corrected chi connectivity index (χ1v) is 7.62. The Morgan fingerprint density at radius 2 is 2.05 bits per heavy atom. The normalized spacial score (nSPS) is 10.7. The average Bonchev–Trinajstić information content (AvgIpc) is 2.86. The predicted molar refractivity (Wildman–Crippen MR) is 90.1 cm³/mol. The van der Waals surface area contributed by atoms with E-state index in [1.807, 2.05) is 6.07 Å². The number of carbonyl (C=O) groups is 1. The Balaban J connectivity index is 1.80. The molecule has 112 valence electrons. The van der Waals surface area contributed by atoms with Gasteiger partial charge in [-0.1, -0.05) is 45.2 Å². The van der Waals surface area contributed by atoms with Crippen molar-refractivity contribution >= 4 is 61.9 Å². The lowest BCUT2D eigenvalue weighted by Gasteiger charge is -2.09. The molecule has 9 heteroatoms. The lowest BCUT2D eigenvalue weighted by molar-refractivity contribution is 0.259. The molecule has 22 heavy (non-hydrogen) atoms. The molecule has 0 fully saturated rings. The number of urea groups is 1. The van der Waals surface area contributed by atoms with Gasteiger partial charge in [0.05, 0.1) is 15.7 Å². The van der Waals surface area contributed by atoms with E-state index in [1.54, 1.807) is 30.3 Å². The van der Waals surface area contributed by atoms with Crippen molar-refractivity contribution in [3.05, 3.63) is 50.9 Å². The molecule has 0 aliphatic carbocycles. The van der Waals surface area contributed by atoms with Gasteiger partial charge in [0.1, 0.15) is 11.0 Å². The summed E-state index contributed by atoms with van der Waals surface area (Å²) in [7, 11) is 0. The SMILES string of the molecule is O=C(Nc1cccc(Cl)c1Cl)Nn1nnc2cc(Br)ccc21. The van der Waals surface area contributed by atoms with Gasteiger partial charge in [0.15, 0.2) is 0 Å². The van der Waals surface area contributed by atoms with Crippen LogP contribution in [0.3, 0.4) is 0 Å². The number of fused-ring (bicyclic) bond motifs is 1. The summed E-state index contributed by atoms with van der Waals surface area (Å²) in [4.78, 5) is 13.3. The van der Waals surface area contributed by atoms with Crippen LogP contribution in [0.15, 0.2) is 40.9 Å². The molecule has 2 aromatic carbocycles. The Hall–Kier alpha value is -1.83. The van der Waals surface area contributed by atoms with Crippen molar-refractivity contribution in [1.82, 2.24) is 15.1 Å². The quantitative estimate of drug-likeness (QED) is 0.674. The van der Waals surface area contributed by atoms with Crippen molar-refractivity contribution in [3.63, 3.8) is 0 Å². The molecule has 2 amide bonds. The zero-order valence-electron chi connectivity index (χ0n) is 10.8. The first kappa shape index (κ1) is 15.1. The topological polar surface area (TPSA) is 71.8 Å². The number of benzene rings is 2. The Morgan fingerprint density at radius 3 is 2.86 bits per heavy atom. The third-order valence-electron chi connectivity index (χ3n) is 2.81. The largest absolute Gasteiger partial charge is 0.339 e. The summed E-state index contributed by atoms with van der Waals surface area (Å²) in [5.41, 5.74) is 4.27. The van der Waals surface area contributed by atoms with E-state index in [9.17, 15) is 4.79 Å². The molecule has 0 bridgehead atoms. The van der Waals surface area contributed by atoms with Crippen LogP contribution in [0.1, 0.15) is 0 Å². The molecule has 0 saturated carbocycles. The number of nitrogens with one attached hydrogen (secondary N) is 2. The van der Waals surface area contributed by atoms with Gasteiger partial charge in [-0.05, 0) is 35.5 Å². The third-order valence-corrected chi connectivity index (χ3v) is 4.13. The first-order chi connectivity index (χ1) is 10.5. The highest BCUT2D eigenvalue weighted by Crippen LogP contribution is 2.29. The van der Waals surface area contributed by atoms with Crippen LogP contribution in [0.2, 0.25) is 10.0 Å². The molecular formula is C13H8BrCl2N5O. The Labute approximate surface area is 143 Å². The fraction of sp³-hybridized carbons (Fsp3) is 0. The van der Waals surface area contributed by atoms with Crippen LogP contribution >= 0.6 is 39.1 Å². The van der Waals surface area contributed by atoms with Crippen molar-refractivity contribution in [1.29, 1.82) is 0 Å². The van der Waals surface area contributed by atoms with Gasteiger partial charge >= 0.3 is 6.03 Å². The number of carbonyl (C=O) groups excluding carboxylic acids is 1. The molecule has 0 aliphatic heterocycles. The van der Waals surface area contributed by atoms with Crippen molar-refractivity contribution in [2.45, 2.75) is 0 Å². The molecule has 0 unspecified atom stereocenters. The summed E-state index contributed by atoms with van der Waals surface area (Å²) in [5.74, 6) is 0. The molecule has 1 heterocycles. The van der Waals surface area contributed by atoms with Gasteiger partial charge < -0.3 is 5.32 Å². The minimum Gasteiger partial charge on any atom is -0.305 e. The van der Waals surface area contributed by atoms with Crippen LogP contribution in [-0.4, -0.2) is 21.1 Å². The molecule has 2 N–H and O–H groups in total. The number of amides is 2. The van der Waals surface area contributed by atoms with Crippen LogP contribution in [0, 0.1) is 0 Å². The maximum absolute atomic E-state index is 12.0. The second-order valence-electron chi connectivity index (χ2n) is 4.30. The van der Waals surface area contributed by atoms with Crippen LogP contribution < -0.4 is 10.7 Å². The van der Waals surface area contributed by atoms with E-state index in [0.717, 1.165) is 4.47 Å². The van der Waals surface area contributed by atoms with Crippen molar-refractivity contribution in [2.24, 2.45) is 0 Å². The van der Waals surface area contributed by atoms with Crippen LogP contribution in [0.4, 0.5) is 10.5 Å². The van der Waals surface area contributed by atoms with E-state index in [1.165, 1.54) is 4.79 Å². The maximum Gasteiger partial charge on any atom is 0.339 e. The van der Waals surface area contributed by atoms with Gasteiger partial charge in [0.25, 0.3) is 0 Å². The fourth-order valence-corrected chi connectivity index (χ4v) is 2.52. The van der Waals surface area contributed by atoms with E-state index in [0.29, 0.717) is 21.7 Å². The monoisotopic (exact) mass is 399 g/mol. The number of hydrogen-bond donors (Lipinski definition) is 2. The van der Waals surface area contributed by atoms with Crippen LogP contribution in [0.5, 0.6) is 0 Å². The molecule has 0 spiro atoms. The minimum atomic E-state index is -0.515. The number of aromatic nitrogens is 3. The predicted octanol–water partition coefficient (Wildman–Crippen LogP) is 4.28. The Kier molecular flexibility index (Phi) is 4.19. The third kappa shape index (κ3) is 3.01.